The molecule has 3 aromatic rings. The van der Waals surface area contributed by atoms with E-state index in [1.54, 1.807) is 18.6 Å². The van der Waals surface area contributed by atoms with Gasteiger partial charge in [-0.05, 0) is 44.2 Å². The number of aryl methyl sites for hydroxylation is 1. The van der Waals surface area contributed by atoms with Gasteiger partial charge in [-0.1, -0.05) is 6.07 Å². The van der Waals surface area contributed by atoms with Crippen LogP contribution >= 0.6 is 0 Å². The summed E-state index contributed by atoms with van der Waals surface area (Å²) < 4.78 is 1.99. The van der Waals surface area contributed by atoms with Gasteiger partial charge < -0.3 is 15.2 Å². The maximum Gasteiger partial charge on any atom is 0.232 e. The second-order valence-corrected chi connectivity index (χ2v) is 6.57. The van der Waals surface area contributed by atoms with Crippen molar-refractivity contribution in [1.82, 2.24) is 14.5 Å². The molecule has 136 valence electrons. The summed E-state index contributed by atoms with van der Waals surface area (Å²) in [5.41, 5.74) is 4.43. The Kier molecular flexibility index (Phi) is 4.19. The molecule has 7 heteroatoms. The van der Waals surface area contributed by atoms with E-state index in [2.05, 4.69) is 20.6 Å². The lowest BCUT2D eigenvalue weighted by atomic mass is 9.92. The van der Waals surface area contributed by atoms with Gasteiger partial charge in [-0.25, -0.2) is 9.97 Å². The summed E-state index contributed by atoms with van der Waals surface area (Å²) in [5, 5.41) is 5.60. The number of fused-ring (bicyclic) bond motifs is 1. The number of hydrogen-bond acceptors (Lipinski definition) is 4. The molecule has 0 bridgehead atoms. The van der Waals surface area contributed by atoms with Gasteiger partial charge in [0.05, 0.1) is 17.9 Å². The Morgan fingerprint density at radius 3 is 2.67 bits per heavy atom. The van der Waals surface area contributed by atoms with Gasteiger partial charge in [0.25, 0.3) is 0 Å². The highest BCUT2D eigenvalue weighted by Crippen LogP contribution is 2.31. The Morgan fingerprint density at radius 2 is 1.96 bits per heavy atom. The fraction of sp³-hybridized carbons (Fsp3) is 0.200. The molecule has 0 saturated heterocycles. The van der Waals surface area contributed by atoms with Crippen LogP contribution in [0, 0.1) is 13.8 Å². The van der Waals surface area contributed by atoms with Crippen LogP contribution in [0.4, 0.5) is 11.5 Å². The zero-order chi connectivity index (χ0) is 19.0. The minimum absolute atomic E-state index is 0.107. The molecule has 2 aromatic heterocycles. The highest BCUT2D eigenvalue weighted by atomic mass is 16.2. The van der Waals surface area contributed by atoms with Crippen molar-refractivity contribution in [1.29, 1.82) is 0 Å². The summed E-state index contributed by atoms with van der Waals surface area (Å²) >= 11 is 0. The number of benzene rings is 1. The van der Waals surface area contributed by atoms with Gasteiger partial charge in [-0.2, -0.15) is 0 Å². The van der Waals surface area contributed by atoms with E-state index in [1.807, 2.05) is 48.7 Å². The van der Waals surface area contributed by atoms with Crippen LogP contribution in [-0.4, -0.2) is 26.3 Å². The predicted molar refractivity (Wildman–Crippen MR) is 102 cm³/mol. The SMILES string of the molecule is Cc1ncn(-c2ccc(NC(=O)C3CC(=O)Nc4ncccc43)cc2)c1C. The molecule has 1 unspecified atom stereocenters. The first-order valence-corrected chi connectivity index (χ1v) is 8.69. The van der Waals surface area contributed by atoms with Crippen molar-refractivity contribution in [2.45, 2.75) is 26.2 Å². The summed E-state index contributed by atoms with van der Waals surface area (Å²) in [5.74, 6) is -0.528. The molecule has 0 saturated carbocycles. The molecule has 1 aliphatic heterocycles. The summed E-state index contributed by atoms with van der Waals surface area (Å²) in [6.45, 7) is 3.98. The number of nitrogens with one attached hydrogen (secondary N) is 2. The number of carbonyl (C=O) groups excluding carboxylic acids is 2. The lowest BCUT2D eigenvalue weighted by Gasteiger charge is -2.23. The van der Waals surface area contributed by atoms with E-state index in [9.17, 15) is 9.59 Å². The lowest BCUT2D eigenvalue weighted by Crippen LogP contribution is -2.31. The number of imidazole rings is 1. The highest BCUT2D eigenvalue weighted by molar-refractivity contribution is 6.04. The maximum atomic E-state index is 12.8. The van der Waals surface area contributed by atoms with Crippen molar-refractivity contribution in [2.24, 2.45) is 0 Å². The Morgan fingerprint density at radius 1 is 1.19 bits per heavy atom. The number of anilines is 2. The minimum atomic E-state index is -0.555. The first kappa shape index (κ1) is 17.0. The molecule has 2 N–H and O–H groups in total. The standard InChI is InChI=1S/C20H19N5O2/c1-12-13(2)25(11-22-12)15-7-5-14(6-8-15)23-20(27)17-10-18(26)24-19-16(17)4-3-9-21-19/h3-9,11,17H,10H2,1-2H3,(H,23,27)(H,21,24,26). The first-order valence-electron chi connectivity index (χ1n) is 8.69. The average molecular weight is 361 g/mol. The molecule has 1 aromatic carbocycles. The zero-order valence-electron chi connectivity index (χ0n) is 15.1. The number of carbonyl (C=O) groups is 2. The number of rotatable bonds is 3. The largest absolute Gasteiger partial charge is 0.326 e. The molecule has 1 atom stereocenters. The van der Waals surface area contributed by atoms with Crippen molar-refractivity contribution < 1.29 is 9.59 Å². The topological polar surface area (TPSA) is 88.9 Å². The van der Waals surface area contributed by atoms with Crippen molar-refractivity contribution in [3.05, 3.63) is 65.9 Å². The smallest absolute Gasteiger partial charge is 0.232 e. The van der Waals surface area contributed by atoms with E-state index < -0.39 is 5.92 Å². The van der Waals surface area contributed by atoms with Crippen molar-refractivity contribution in [3.8, 4) is 5.69 Å². The number of hydrogen-bond donors (Lipinski definition) is 2. The minimum Gasteiger partial charge on any atom is -0.326 e. The lowest BCUT2D eigenvalue weighted by molar-refractivity contribution is -0.123. The Hall–Kier alpha value is -3.48. The van der Waals surface area contributed by atoms with Gasteiger partial charge >= 0.3 is 0 Å². The molecule has 27 heavy (non-hydrogen) atoms. The van der Waals surface area contributed by atoms with Crippen LogP contribution in [0.5, 0.6) is 0 Å². The molecule has 1 aliphatic rings. The van der Waals surface area contributed by atoms with Crippen LogP contribution in [0.15, 0.2) is 48.9 Å². The maximum absolute atomic E-state index is 12.8. The molecule has 0 spiro atoms. The molecule has 3 heterocycles. The van der Waals surface area contributed by atoms with Gasteiger partial charge in [0, 0.05) is 35.2 Å². The van der Waals surface area contributed by atoms with E-state index in [0.717, 1.165) is 22.6 Å². The summed E-state index contributed by atoms with van der Waals surface area (Å²) in [4.78, 5) is 33.1. The van der Waals surface area contributed by atoms with Crippen LogP contribution in [0.1, 0.15) is 29.3 Å². The molecule has 2 amide bonds. The van der Waals surface area contributed by atoms with Gasteiger partial charge in [0.15, 0.2) is 0 Å². The molecule has 0 fully saturated rings. The monoisotopic (exact) mass is 361 g/mol. The second kappa shape index (κ2) is 6.68. The summed E-state index contributed by atoms with van der Waals surface area (Å²) in [6, 6.07) is 11.1. The van der Waals surface area contributed by atoms with Gasteiger partial charge in [-0.3, -0.25) is 9.59 Å². The normalized spacial score (nSPS) is 15.8. The van der Waals surface area contributed by atoms with E-state index in [1.165, 1.54) is 0 Å². The number of nitrogens with zero attached hydrogens (tertiary/aromatic N) is 3. The van der Waals surface area contributed by atoms with Crippen LogP contribution in [0.3, 0.4) is 0 Å². The summed E-state index contributed by atoms with van der Waals surface area (Å²) in [7, 11) is 0. The van der Waals surface area contributed by atoms with Crippen molar-refractivity contribution in [2.75, 3.05) is 10.6 Å². The first-order chi connectivity index (χ1) is 13.0. The Balaban J connectivity index is 1.54. The van der Waals surface area contributed by atoms with Crippen LogP contribution in [0.25, 0.3) is 5.69 Å². The third-order valence-corrected chi connectivity index (χ3v) is 4.84. The second-order valence-electron chi connectivity index (χ2n) is 6.57. The van der Waals surface area contributed by atoms with E-state index in [0.29, 0.717) is 11.5 Å². The highest BCUT2D eigenvalue weighted by Gasteiger charge is 2.31. The van der Waals surface area contributed by atoms with E-state index in [-0.39, 0.29) is 18.2 Å². The fourth-order valence-electron chi connectivity index (χ4n) is 3.21. The molecule has 0 radical (unpaired) electrons. The average Bonchev–Trinajstić information content (AvgIpc) is 3.00. The number of aromatic nitrogens is 3. The third kappa shape index (κ3) is 3.19. The van der Waals surface area contributed by atoms with Crippen LogP contribution < -0.4 is 10.6 Å². The fourth-order valence-corrected chi connectivity index (χ4v) is 3.21. The summed E-state index contributed by atoms with van der Waals surface area (Å²) in [6.07, 6.45) is 3.48. The molecule has 7 nitrogen and oxygen atoms in total. The van der Waals surface area contributed by atoms with E-state index >= 15 is 0 Å². The van der Waals surface area contributed by atoms with E-state index in [4.69, 9.17) is 0 Å². The molecule has 0 aliphatic carbocycles. The van der Waals surface area contributed by atoms with Gasteiger partial charge in [0.1, 0.15) is 5.82 Å². The van der Waals surface area contributed by atoms with Gasteiger partial charge in [-0.15, -0.1) is 0 Å². The Bertz CT molecular complexity index is 1020. The molecular weight excluding hydrogens is 342 g/mol. The number of amides is 2. The zero-order valence-corrected chi connectivity index (χ0v) is 15.1. The number of pyridine rings is 1. The van der Waals surface area contributed by atoms with Crippen molar-refractivity contribution >= 4 is 23.3 Å². The molecular formula is C20H19N5O2. The Labute approximate surface area is 156 Å². The van der Waals surface area contributed by atoms with Crippen LogP contribution in [0.2, 0.25) is 0 Å². The quantitative estimate of drug-likeness (QED) is 0.751. The van der Waals surface area contributed by atoms with Crippen molar-refractivity contribution in [3.63, 3.8) is 0 Å². The van der Waals surface area contributed by atoms with Crippen LogP contribution in [-0.2, 0) is 9.59 Å². The van der Waals surface area contributed by atoms with Gasteiger partial charge in [0.2, 0.25) is 11.8 Å². The third-order valence-electron chi connectivity index (χ3n) is 4.84. The molecule has 4 rings (SSSR count). The predicted octanol–water partition coefficient (Wildman–Crippen LogP) is 2.95.